The summed E-state index contributed by atoms with van der Waals surface area (Å²) in [7, 11) is 4.05. The second-order valence-corrected chi connectivity index (χ2v) is 5.87. The maximum absolute atomic E-state index is 12.3. The first kappa shape index (κ1) is 16.2. The standard InChI is InChI=1S/C14H21IN2O2/c1-4-17(9-5-8-16(2)3)14(19)11-6-7-12(15)13(18)10-11/h6-7,10,18H,4-5,8-9H2,1-3H3. The molecule has 0 fully saturated rings. The number of hydrogen-bond donors (Lipinski definition) is 1. The van der Waals surface area contributed by atoms with E-state index in [4.69, 9.17) is 0 Å². The van der Waals surface area contributed by atoms with Crippen LogP contribution in [-0.2, 0) is 0 Å². The molecule has 0 saturated heterocycles. The summed E-state index contributed by atoms with van der Waals surface area (Å²) in [6, 6.07) is 5.06. The summed E-state index contributed by atoms with van der Waals surface area (Å²) < 4.78 is 0.754. The van der Waals surface area contributed by atoms with Gasteiger partial charge in [-0.2, -0.15) is 0 Å². The molecular weight excluding hydrogens is 355 g/mol. The normalized spacial score (nSPS) is 10.8. The number of benzene rings is 1. The molecule has 0 saturated carbocycles. The fraction of sp³-hybridized carbons (Fsp3) is 0.500. The number of carbonyl (C=O) groups is 1. The van der Waals surface area contributed by atoms with Crippen LogP contribution < -0.4 is 0 Å². The summed E-state index contributed by atoms with van der Waals surface area (Å²) in [5, 5.41) is 9.67. The van der Waals surface area contributed by atoms with Crippen molar-refractivity contribution in [2.24, 2.45) is 0 Å². The lowest BCUT2D eigenvalue weighted by Gasteiger charge is -2.22. The van der Waals surface area contributed by atoms with Gasteiger partial charge in [-0.1, -0.05) is 0 Å². The Morgan fingerprint density at radius 1 is 1.32 bits per heavy atom. The fourth-order valence-corrected chi connectivity index (χ4v) is 2.14. The topological polar surface area (TPSA) is 43.8 Å². The highest BCUT2D eigenvalue weighted by atomic mass is 127. The van der Waals surface area contributed by atoms with E-state index in [1.165, 1.54) is 0 Å². The van der Waals surface area contributed by atoms with Gasteiger partial charge in [0.05, 0.1) is 3.57 Å². The molecule has 0 aliphatic heterocycles. The summed E-state index contributed by atoms with van der Waals surface area (Å²) >= 11 is 2.04. The number of nitrogens with zero attached hydrogens (tertiary/aromatic N) is 2. The molecule has 0 unspecified atom stereocenters. The summed E-state index contributed by atoms with van der Waals surface area (Å²) in [6.45, 7) is 4.35. The Morgan fingerprint density at radius 2 is 2.00 bits per heavy atom. The van der Waals surface area contributed by atoms with Crippen LogP contribution in [0.2, 0.25) is 0 Å². The molecule has 1 N–H and O–H groups in total. The first-order valence-electron chi connectivity index (χ1n) is 6.38. The van der Waals surface area contributed by atoms with E-state index in [1.54, 1.807) is 18.2 Å². The second-order valence-electron chi connectivity index (χ2n) is 4.71. The number of hydrogen-bond acceptors (Lipinski definition) is 3. The Morgan fingerprint density at radius 3 is 2.53 bits per heavy atom. The van der Waals surface area contributed by atoms with Gasteiger partial charge in [-0.3, -0.25) is 4.79 Å². The third kappa shape index (κ3) is 4.99. The Balaban J connectivity index is 2.69. The van der Waals surface area contributed by atoms with E-state index in [2.05, 4.69) is 4.90 Å². The predicted octanol–water partition coefficient (Wildman–Crippen LogP) is 2.41. The zero-order valence-corrected chi connectivity index (χ0v) is 13.8. The van der Waals surface area contributed by atoms with Crippen LogP contribution >= 0.6 is 22.6 Å². The molecule has 0 spiro atoms. The van der Waals surface area contributed by atoms with Crippen molar-refractivity contribution in [1.82, 2.24) is 9.80 Å². The van der Waals surface area contributed by atoms with Crippen LogP contribution in [-0.4, -0.2) is 54.5 Å². The summed E-state index contributed by atoms with van der Waals surface area (Å²) in [6.07, 6.45) is 0.947. The smallest absolute Gasteiger partial charge is 0.253 e. The van der Waals surface area contributed by atoms with E-state index in [-0.39, 0.29) is 11.7 Å². The molecular formula is C14H21IN2O2. The van der Waals surface area contributed by atoms with Gasteiger partial charge in [-0.15, -0.1) is 0 Å². The predicted molar refractivity (Wildman–Crippen MR) is 85.6 cm³/mol. The minimum atomic E-state index is -0.0204. The van der Waals surface area contributed by atoms with E-state index < -0.39 is 0 Å². The molecule has 0 bridgehead atoms. The SMILES string of the molecule is CCN(CCCN(C)C)C(=O)c1ccc(I)c(O)c1. The fourth-order valence-electron chi connectivity index (χ4n) is 1.81. The van der Waals surface area contributed by atoms with Crippen molar-refractivity contribution < 1.29 is 9.90 Å². The van der Waals surface area contributed by atoms with Gasteiger partial charge >= 0.3 is 0 Å². The number of aromatic hydroxyl groups is 1. The molecule has 1 aromatic carbocycles. The number of halogens is 1. The van der Waals surface area contributed by atoms with Gasteiger partial charge in [0.15, 0.2) is 0 Å². The molecule has 0 aliphatic carbocycles. The van der Waals surface area contributed by atoms with E-state index >= 15 is 0 Å². The van der Waals surface area contributed by atoms with Gasteiger partial charge in [0.25, 0.3) is 5.91 Å². The molecule has 1 aromatic rings. The van der Waals surface area contributed by atoms with Crippen molar-refractivity contribution in [3.05, 3.63) is 27.3 Å². The lowest BCUT2D eigenvalue weighted by Crippen LogP contribution is -2.33. The number of amides is 1. The number of phenolic OH excluding ortho intramolecular Hbond substituents is 1. The highest BCUT2D eigenvalue weighted by molar-refractivity contribution is 14.1. The van der Waals surface area contributed by atoms with Crippen molar-refractivity contribution in [2.45, 2.75) is 13.3 Å². The molecule has 0 aromatic heterocycles. The number of carbonyl (C=O) groups excluding carboxylic acids is 1. The van der Waals surface area contributed by atoms with Crippen molar-refractivity contribution >= 4 is 28.5 Å². The second kappa shape index (κ2) is 7.69. The molecule has 106 valence electrons. The highest BCUT2D eigenvalue weighted by Crippen LogP contribution is 2.21. The van der Waals surface area contributed by atoms with Gasteiger partial charge in [-0.05, 0) is 74.8 Å². The quantitative estimate of drug-likeness (QED) is 0.776. The van der Waals surface area contributed by atoms with Gasteiger partial charge in [-0.25, -0.2) is 0 Å². The maximum Gasteiger partial charge on any atom is 0.253 e. The van der Waals surface area contributed by atoms with Crippen molar-refractivity contribution in [2.75, 3.05) is 33.7 Å². The van der Waals surface area contributed by atoms with Crippen LogP contribution in [0.5, 0.6) is 5.75 Å². The lowest BCUT2D eigenvalue weighted by molar-refractivity contribution is 0.0759. The first-order chi connectivity index (χ1) is 8.95. The molecule has 4 nitrogen and oxygen atoms in total. The Hall–Kier alpha value is -0.820. The van der Waals surface area contributed by atoms with E-state index in [0.29, 0.717) is 12.1 Å². The van der Waals surface area contributed by atoms with Gasteiger partial charge in [0.2, 0.25) is 0 Å². The van der Waals surface area contributed by atoms with Crippen LogP contribution in [0.15, 0.2) is 18.2 Å². The largest absolute Gasteiger partial charge is 0.507 e. The molecule has 19 heavy (non-hydrogen) atoms. The molecule has 1 rings (SSSR count). The van der Waals surface area contributed by atoms with Crippen molar-refractivity contribution in [3.8, 4) is 5.75 Å². The molecule has 1 amide bonds. The maximum atomic E-state index is 12.3. The van der Waals surface area contributed by atoms with E-state index in [0.717, 1.165) is 23.1 Å². The minimum Gasteiger partial charge on any atom is -0.507 e. The molecule has 5 heteroatoms. The molecule has 0 atom stereocenters. The zero-order chi connectivity index (χ0) is 14.4. The Bertz CT molecular complexity index is 435. The lowest BCUT2D eigenvalue weighted by atomic mass is 10.2. The van der Waals surface area contributed by atoms with Crippen LogP contribution in [0, 0.1) is 3.57 Å². The molecule has 0 radical (unpaired) electrons. The van der Waals surface area contributed by atoms with Crippen LogP contribution in [0.1, 0.15) is 23.7 Å². The average Bonchev–Trinajstić information content (AvgIpc) is 2.37. The van der Waals surface area contributed by atoms with Crippen LogP contribution in [0.3, 0.4) is 0 Å². The molecule has 0 heterocycles. The first-order valence-corrected chi connectivity index (χ1v) is 7.46. The minimum absolute atomic E-state index is 0.0204. The average molecular weight is 376 g/mol. The summed E-state index contributed by atoms with van der Waals surface area (Å²) in [5.41, 5.74) is 0.546. The summed E-state index contributed by atoms with van der Waals surface area (Å²) in [5.74, 6) is 0.142. The Labute approximate surface area is 128 Å². The van der Waals surface area contributed by atoms with Gasteiger partial charge in [0.1, 0.15) is 5.75 Å². The van der Waals surface area contributed by atoms with E-state index in [1.807, 2.05) is 48.5 Å². The monoisotopic (exact) mass is 376 g/mol. The molecule has 0 aliphatic rings. The Kier molecular flexibility index (Phi) is 6.57. The highest BCUT2D eigenvalue weighted by Gasteiger charge is 2.15. The van der Waals surface area contributed by atoms with Gasteiger partial charge < -0.3 is 14.9 Å². The third-order valence-electron chi connectivity index (χ3n) is 2.90. The summed E-state index contributed by atoms with van der Waals surface area (Å²) in [4.78, 5) is 16.2. The number of rotatable bonds is 6. The van der Waals surface area contributed by atoms with Crippen molar-refractivity contribution in [3.63, 3.8) is 0 Å². The number of phenols is 1. The van der Waals surface area contributed by atoms with Crippen LogP contribution in [0.4, 0.5) is 0 Å². The van der Waals surface area contributed by atoms with E-state index in [9.17, 15) is 9.90 Å². The van der Waals surface area contributed by atoms with Crippen LogP contribution in [0.25, 0.3) is 0 Å². The third-order valence-corrected chi connectivity index (χ3v) is 3.81. The van der Waals surface area contributed by atoms with Crippen molar-refractivity contribution in [1.29, 1.82) is 0 Å². The van der Waals surface area contributed by atoms with Gasteiger partial charge in [0, 0.05) is 18.7 Å². The zero-order valence-electron chi connectivity index (χ0n) is 11.7.